The molecule has 0 aliphatic rings. The van der Waals surface area contributed by atoms with Crippen molar-refractivity contribution in [2.24, 2.45) is 0 Å². The minimum Gasteiger partial charge on any atom is -0.467 e. The molecule has 2 heterocycles. The third kappa shape index (κ3) is 5.59. The Balaban J connectivity index is 1.81. The van der Waals surface area contributed by atoms with Crippen LogP contribution in [-0.4, -0.2) is 27.9 Å². The SMILES string of the molecule is CC(NC(=O)Nc1cnc(C(C)(C)C)nc1)C(=O)NCc1ccco1. The van der Waals surface area contributed by atoms with Crippen molar-refractivity contribution in [2.45, 2.75) is 45.7 Å². The lowest BCUT2D eigenvalue weighted by molar-refractivity contribution is -0.122. The number of nitrogens with zero attached hydrogens (tertiary/aromatic N) is 2. The summed E-state index contributed by atoms with van der Waals surface area (Å²) in [5, 5.41) is 7.84. The van der Waals surface area contributed by atoms with Crippen molar-refractivity contribution in [3.63, 3.8) is 0 Å². The fourth-order valence-electron chi connectivity index (χ4n) is 1.95. The highest BCUT2D eigenvalue weighted by atomic mass is 16.3. The zero-order valence-electron chi connectivity index (χ0n) is 14.8. The zero-order valence-corrected chi connectivity index (χ0v) is 14.8. The van der Waals surface area contributed by atoms with Crippen LogP contribution in [0.3, 0.4) is 0 Å². The molecule has 0 aliphatic carbocycles. The maximum absolute atomic E-state index is 12.0. The third-order valence-corrected chi connectivity index (χ3v) is 3.34. The van der Waals surface area contributed by atoms with Crippen molar-refractivity contribution in [1.29, 1.82) is 0 Å². The van der Waals surface area contributed by atoms with E-state index in [0.29, 0.717) is 17.3 Å². The molecule has 0 aromatic carbocycles. The molecule has 8 heteroatoms. The number of rotatable bonds is 5. The van der Waals surface area contributed by atoms with Crippen molar-refractivity contribution < 1.29 is 14.0 Å². The van der Waals surface area contributed by atoms with Gasteiger partial charge in [-0.05, 0) is 19.1 Å². The van der Waals surface area contributed by atoms with E-state index in [1.165, 1.54) is 18.7 Å². The molecule has 0 fully saturated rings. The maximum atomic E-state index is 12.0. The Bertz CT molecular complexity index is 705. The number of anilines is 1. The number of carbonyl (C=O) groups is 2. The zero-order chi connectivity index (χ0) is 18.4. The summed E-state index contributed by atoms with van der Waals surface area (Å²) in [6, 6.07) is 2.29. The van der Waals surface area contributed by atoms with Crippen LogP contribution >= 0.6 is 0 Å². The lowest BCUT2D eigenvalue weighted by Crippen LogP contribution is -2.46. The van der Waals surface area contributed by atoms with Crippen LogP contribution in [0.15, 0.2) is 35.2 Å². The minimum absolute atomic E-state index is 0.165. The standard InChI is InChI=1S/C17H23N5O3/c1-11(14(23)18-10-13-6-5-7-25-13)21-16(24)22-12-8-19-15(20-9-12)17(2,3)4/h5-9,11H,10H2,1-4H3,(H,18,23)(H2,21,22,24). The number of hydrogen-bond donors (Lipinski definition) is 3. The Labute approximate surface area is 146 Å². The molecule has 0 spiro atoms. The maximum Gasteiger partial charge on any atom is 0.319 e. The van der Waals surface area contributed by atoms with E-state index >= 15 is 0 Å². The highest BCUT2D eigenvalue weighted by Gasteiger charge is 2.18. The first-order valence-electron chi connectivity index (χ1n) is 7.96. The molecule has 8 nitrogen and oxygen atoms in total. The van der Waals surface area contributed by atoms with Crippen molar-refractivity contribution in [3.05, 3.63) is 42.4 Å². The van der Waals surface area contributed by atoms with Gasteiger partial charge in [0.15, 0.2) is 0 Å². The van der Waals surface area contributed by atoms with Gasteiger partial charge in [0.1, 0.15) is 17.6 Å². The van der Waals surface area contributed by atoms with Gasteiger partial charge in [0.2, 0.25) is 5.91 Å². The van der Waals surface area contributed by atoms with Gasteiger partial charge in [-0.2, -0.15) is 0 Å². The van der Waals surface area contributed by atoms with Crippen LogP contribution in [0.5, 0.6) is 0 Å². The van der Waals surface area contributed by atoms with Crippen LogP contribution in [0.25, 0.3) is 0 Å². The quantitative estimate of drug-likeness (QED) is 0.769. The summed E-state index contributed by atoms with van der Waals surface area (Å²) >= 11 is 0. The first kappa shape index (κ1) is 18.4. The van der Waals surface area contributed by atoms with Gasteiger partial charge >= 0.3 is 6.03 Å². The van der Waals surface area contributed by atoms with E-state index in [4.69, 9.17) is 4.42 Å². The van der Waals surface area contributed by atoms with Crippen LogP contribution in [-0.2, 0) is 16.8 Å². The summed E-state index contributed by atoms with van der Waals surface area (Å²) in [5.41, 5.74) is 0.287. The first-order chi connectivity index (χ1) is 11.8. The lowest BCUT2D eigenvalue weighted by atomic mass is 9.96. The molecular formula is C17H23N5O3. The smallest absolute Gasteiger partial charge is 0.319 e. The summed E-state index contributed by atoms with van der Waals surface area (Å²) in [4.78, 5) is 32.4. The second-order valence-electron chi connectivity index (χ2n) is 6.66. The van der Waals surface area contributed by atoms with E-state index in [2.05, 4.69) is 25.9 Å². The lowest BCUT2D eigenvalue weighted by Gasteiger charge is -2.17. The van der Waals surface area contributed by atoms with Crippen molar-refractivity contribution in [3.8, 4) is 0 Å². The topological polar surface area (TPSA) is 109 Å². The van der Waals surface area contributed by atoms with Crippen LogP contribution in [0.1, 0.15) is 39.3 Å². The highest BCUT2D eigenvalue weighted by molar-refractivity contribution is 5.93. The van der Waals surface area contributed by atoms with Gasteiger partial charge in [-0.15, -0.1) is 0 Å². The molecule has 0 saturated heterocycles. The molecule has 0 bridgehead atoms. The predicted octanol–water partition coefficient (Wildman–Crippen LogP) is 2.19. The van der Waals surface area contributed by atoms with Gasteiger partial charge < -0.3 is 20.4 Å². The minimum atomic E-state index is -0.704. The van der Waals surface area contributed by atoms with Crippen LogP contribution in [0.4, 0.5) is 10.5 Å². The van der Waals surface area contributed by atoms with E-state index in [-0.39, 0.29) is 17.9 Å². The van der Waals surface area contributed by atoms with Crippen LogP contribution < -0.4 is 16.0 Å². The van der Waals surface area contributed by atoms with Crippen molar-refractivity contribution in [1.82, 2.24) is 20.6 Å². The molecule has 0 saturated carbocycles. The average Bonchev–Trinajstić information content (AvgIpc) is 3.05. The number of amides is 3. The van der Waals surface area contributed by atoms with E-state index < -0.39 is 12.1 Å². The number of hydrogen-bond acceptors (Lipinski definition) is 5. The van der Waals surface area contributed by atoms with Gasteiger partial charge in [0, 0.05) is 5.41 Å². The highest BCUT2D eigenvalue weighted by Crippen LogP contribution is 2.18. The Morgan fingerprint density at radius 3 is 2.48 bits per heavy atom. The van der Waals surface area contributed by atoms with E-state index in [1.54, 1.807) is 19.1 Å². The third-order valence-electron chi connectivity index (χ3n) is 3.34. The largest absolute Gasteiger partial charge is 0.467 e. The molecule has 0 radical (unpaired) electrons. The molecule has 3 amide bonds. The second-order valence-corrected chi connectivity index (χ2v) is 6.66. The molecule has 134 valence electrons. The summed E-state index contributed by atoms with van der Waals surface area (Å²) in [6.07, 6.45) is 4.60. The van der Waals surface area contributed by atoms with Crippen LogP contribution in [0.2, 0.25) is 0 Å². The molecule has 2 aromatic rings. The van der Waals surface area contributed by atoms with E-state index in [9.17, 15) is 9.59 Å². The van der Waals surface area contributed by atoms with E-state index in [1.807, 2.05) is 20.8 Å². The van der Waals surface area contributed by atoms with Gasteiger partial charge in [-0.3, -0.25) is 4.79 Å². The molecular weight excluding hydrogens is 322 g/mol. The fraction of sp³-hybridized carbons (Fsp3) is 0.412. The van der Waals surface area contributed by atoms with E-state index in [0.717, 1.165) is 0 Å². The first-order valence-corrected chi connectivity index (χ1v) is 7.96. The average molecular weight is 345 g/mol. The number of nitrogens with one attached hydrogen (secondary N) is 3. The Morgan fingerprint density at radius 1 is 1.24 bits per heavy atom. The van der Waals surface area contributed by atoms with Crippen LogP contribution in [0, 0.1) is 0 Å². The fourth-order valence-corrected chi connectivity index (χ4v) is 1.95. The predicted molar refractivity (Wildman–Crippen MR) is 92.9 cm³/mol. The van der Waals surface area contributed by atoms with Crippen molar-refractivity contribution in [2.75, 3.05) is 5.32 Å². The normalized spacial score (nSPS) is 12.3. The van der Waals surface area contributed by atoms with Gasteiger partial charge in [0.25, 0.3) is 0 Å². The Morgan fingerprint density at radius 2 is 1.92 bits per heavy atom. The second kappa shape index (κ2) is 7.78. The molecule has 1 unspecified atom stereocenters. The Hall–Kier alpha value is -2.90. The van der Waals surface area contributed by atoms with Gasteiger partial charge in [0.05, 0.1) is 30.9 Å². The number of carbonyl (C=O) groups excluding carboxylic acids is 2. The van der Waals surface area contributed by atoms with Gasteiger partial charge in [-0.1, -0.05) is 20.8 Å². The summed E-state index contributed by atoms with van der Waals surface area (Å²) in [7, 11) is 0. The Kier molecular flexibility index (Phi) is 5.74. The number of furan rings is 1. The number of aromatic nitrogens is 2. The summed E-state index contributed by atoms with van der Waals surface area (Å²) < 4.78 is 5.13. The molecule has 0 aliphatic heterocycles. The molecule has 3 N–H and O–H groups in total. The monoisotopic (exact) mass is 345 g/mol. The van der Waals surface area contributed by atoms with Crippen molar-refractivity contribution >= 4 is 17.6 Å². The summed E-state index contributed by atoms with van der Waals surface area (Å²) in [5.74, 6) is 1.01. The molecule has 2 aromatic heterocycles. The van der Waals surface area contributed by atoms with Gasteiger partial charge in [-0.25, -0.2) is 14.8 Å². The summed E-state index contributed by atoms with van der Waals surface area (Å²) in [6.45, 7) is 7.87. The molecule has 1 atom stereocenters. The molecule has 2 rings (SSSR count). The molecule has 25 heavy (non-hydrogen) atoms. The number of urea groups is 1.